The van der Waals surface area contributed by atoms with Gasteiger partial charge in [0.1, 0.15) is 17.4 Å². The van der Waals surface area contributed by atoms with Gasteiger partial charge < -0.3 is 14.9 Å². The predicted octanol–water partition coefficient (Wildman–Crippen LogP) is 2.78. The van der Waals surface area contributed by atoms with Gasteiger partial charge >= 0.3 is 0 Å². The molecule has 0 fully saturated rings. The van der Waals surface area contributed by atoms with Crippen LogP contribution < -0.4 is 5.32 Å². The van der Waals surface area contributed by atoms with Crippen LogP contribution in [-0.4, -0.2) is 21.2 Å². The number of pyridine rings is 1. The number of aliphatic hydroxyl groups is 1. The summed E-state index contributed by atoms with van der Waals surface area (Å²) in [6, 6.07) is 7.40. The minimum atomic E-state index is -0.921. The van der Waals surface area contributed by atoms with E-state index >= 15 is 0 Å². The Hall–Kier alpha value is -2.51. The number of amides is 1. The molecule has 0 saturated heterocycles. The van der Waals surface area contributed by atoms with Crippen LogP contribution in [0.3, 0.4) is 0 Å². The lowest BCUT2D eigenvalue weighted by Crippen LogP contribution is -2.24. The highest BCUT2D eigenvalue weighted by molar-refractivity contribution is 7.13. The van der Waals surface area contributed by atoms with Crippen molar-refractivity contribution < 1.29 is 14.4 Å². The molecule has 3 heterocycles. The molecule has 6 nitrogen and oxygen atoms in total. The van der Waals surface area contributed by atoms with E-state index in [4.69, 9.17) is 4.52 Å². The lowest BCUT2D eigenvalue weighted by atomic mass is 10.1. The molecule has 7 heteroatoms. The molecule has 0 aliphatic carbocycles. The highest BCUT2D eigenvalue weighted by Crippen LogP contribution is 2.31. The zero-order valence-corrected chi connectivity index (χ0v) is 13.2. The highest BCUT2D eigenvalue weighted by Gasteiger charge is 2.26. The standard InChI is InChI=1S/C16H15N3O3S/c1-10(20)15-13(14(19-22-15)12-5-3-7-23-12)16(21)18-9-11-4-2-6-17-8-11/h2-8,10,20H,9H2,1H3,(H,18,21). The molecule has 23 heavy (non-hydrogen) atoms. The summed E-state index contributed by atoms with van der Waals surface area (Å²) in [5.74, 6) is -0.175. The Morgan fingerprint density at radius 3 is 2.96 bits per heavy atom. The minimum absolute atomic E-state index is 0.164. The highest BCUT2D eigenvalue weighted by atomic mass is 32.1. The summed E-state index contributed by atoms with van der Waals surface area (Å²) in [5, 5.41) is 18.5. The molecule has 118 valence electrons. The van der Waals surface area contributed by atoms with Crippen LogP contribution >= 0.6 is 11.3 Å². The van der Waals surface area contributed by atoms with E-state index in [1.165, 1.54) is 18.3 Å². The van der Waals surface area contributed by atoms with Crippen LogP contribution in [0.1, 0.15) is 34.7 Å². The summed E-state index contributed by atoms with van der Waals surface area (Å²) in [7, 11) is 0. The normalized spacial score (nSPS) is 12.1. The van der Waals surface area contributed by atoms with Gasteiger partial charge in [0.25, 0.3) is 5.91 Å². The fourth-order valence-electron chi connectivity index (χ4n) is 2.16. The zero-order chi connectivity index (χ0) is 16.2. The van der Waals surface area contributed by atoms with E-state index in [1.807, 2.05) is 23.6 Å². The summed E-state index contributed by atoms with van der Waals surface area (Å²) in [4.78, 5) is 17.4. The molecule has 0 aliphatic rings. The molecule has 0 spiro atoms. The van der Waals surface area contributed by atoms with Gasteiger partial charge in [-0.15, -0.1) is 11.3 Å². The smallest absolute Gasteiger partial charge is 0.257 e. The van der Waals surface area contributed by atoms with Crippen LogP contribution in [0, 0.1) is 0 Å². The van der Waals surface area contributed by atoms with Crippen molar-refractivity contribution in [2.24, 2.45) is 0 Å². The Balaban J connectivity index is 1.88. The largest absolute Gasteiger partial charge is 0.385 e. The molecule has 0 aromatic carbocycles. The van der Waals surface area contributed by atoms with Gasteiger partial charge in [-0.3, -0.25) is 9.78 Å². The molecule has 3 rings (SSSR count). The maximum Gasteiger partial charge on any atom is 0.257 e. The minimum Gasteiger partial charge on any atom is -0.385 e. The molecule has 1 amide bonds. The number of aromatic nitrogens is 2. The Bertz CT molecular complexity index is 782. The number of aliphatic hydroxyl groups excluding tert-OH is 1. The maximum absolute atomic E-state index is 12.6. The zero-order valence-electron chi connectivity index (χ0n) is 12.4. The SMILES string of the molecule is CC(O)c1onc(-c2cccs2)c1C(=O)NCc1cccnc1. The van der Waals surface area contributed by atoms with Crippen molar-refractivity contribution in [1.29, 1.82) is 0 Å². The van der Waals surface area contributed by atoms with Crippen molar-refractivity contribution in [2.75, 3.05) is 0 Å². The number of thiophene rings is 1. The first-order valence-electron chi connectivity index (χ1n) is 7.05. The first-order valence-corrected chi connectivity index (χ1v) is 7.93. The Kier molecular flexibility index (Phi) is 4.50. The number of nitrogens with zero attached hydrogens (tertiary/aromatic N) is 2. The lowest BCUT2D eigenvalue weighted by Gasteiger charge is -2.07. The van der Waals surface area contributed by atoms with Crippen LogP contribution in [0.2, 0.25) is 0 Å². The number of hydrogen-bond donors (Lipinski definition) is 2. The molecule has 3 aromatic rings. The van der Waals surface area contributed by atoms with Gasteiger partial charge in [-0.05, 0) is 30.0 Å². The van der Waals surface area contributed by atoms with Gasteiger partial charge in [0.2, 0.25) is 0 Å². The fourth-order valence-corrected chi connectivity index (χ4v) is 2.87. The van der Waals surface area contributed by atoms with E-state index in [9.17, 15) is 9.90 Å². The van der Waals surface area contributed by atoms with Crippen LogP contribution in [0.5, 0.6) is 0 Å². The Morgan fingerprint density at radius 1 is 1.43 bits per heavy atom. The second-order valence-corrected chi connectivity index (χ2v) is 5.92. The molecule has 1 atom stereocenters. The Morgan fingerprint density at radius 2 is 2.30 bits per heavy atom. The van der Waals surface area contributed by atoms with Crippen LogP contribution in [-0.2, 0) is 6.54 Å². The number of carbonyl (C=O) groups is 1. The molecule has 0 bridgehead atoms. The van der Waals surface area contributed by atoms with Gasteiger partial charge in [0.05, 0.1) is 4.88 Å². The number of nitrogens with one attached hydrogen (secondary N) is 1. The topological polar surface area (TPSA) is 88.2 Å². The molecular weight excluding hydrogens is 314 g/mol. The second-order valence-electron chi connectivity index (χ2n) is 4.97. The predicted molar refractivity (Wildman–Crippen MR) is 85.9 cm³/mol. The molecule has 2 N–H and O–H groups in total. The van der Waals surface area contributed by atoms with Crippen molar-refractivity contribution in [1.82, 2.24) is 15.5 Å². The third-order valence-electron chi connectivity index (χ3n) is 3.26. The molecule has 0 saturated carbocycles. The number of rotatable bonds is 5. The van der Waals surface area contributed by atoms with Crippen molar-refractivity contribution in [3.8, 4) is 10.6 Å². The quantitative estimate of drug-likeness (QED) is 0.751. The summed E-state index contributed by atoms with van der Waals surface area (Å²) in [6.07, 6.45) is 2.44. The van der Waals surface area contributed by atoms with Crippen molar-refractivity contribution in [2.45, 2.75) is 19.6 Å². The third-order valence-corrected chi connectivity index (χ3v) is 4.13. The van der Waals surface area contributed by atoms with E-state index in [1.54, 1.807) is 18.5 Å². The van der Waals surface area contributed by atoms with E-state index in [0.29, 0.717) is 12.2 Å². The van der Waals surface area contributed by atoms with Gasteiger partial charge in [-0.1, -0.05) is 17.3 Å². The summed E-state index contributed by atoms with van der Waals surface area (Å²) in [5.41, 5.74) is 1.60. The van der Waals surface area contributed by atoms with Crippen molar-refractivity contribution >= 4 is 17.2 Å². The summed E-state index contributed by atoms with van der Waals surface area (Å²) >= 11 is 1.45. The number of carbonyl (C=O) groups excluding carboxylic acids is 1. The van der Waals surface area contributed by atoms with E-state index in [2.05, 4.69) is 15.5 Å². The molecule has 0 aliphatic heterocycles. The van der Waals surface area contributed by atoms with Gasteiger partial charge in [-0.25, -0.2) is 0 Å². The third kappa shape index (κ3) is 3.30. The maximum atomic E-state index is 12.6. The van der Waals surface area contributed by atoms with E-state index in [0.717, 1.165) is 10.4 Å². The summed E-state index contributed by atoms with van der Waals surface area (Å²) in [6.45, 7) is 1.87. The van der Waals surface area contributed by atoms with Crippen LogP contribution in [0.25, 0.3) is 10.6 Å². The average molecular weight is 329 g/mol. The van der Waals surface area contributed by atoms with Crippen LogP contribution in [0.4, 0.5) is 0 Å². The lowest BCUT2D eigenvalue weighted by molar-refractivity contribution is 0.0938. The molecule has 0 radical (unpaired) electrons. The summed E-state index contributed by atoms with van der Waals surface area (Å²) < 4.78 is 5.19. The van der Waals surface area contributed by atoms with Crippen molar-refractivity contribution in [3.05, 3.63) is 58.9 Å². The van der Waals surface area contributed by atoms with Gasteiger partial charge in [-0.2, -0.15) is 0 Å². The van der Waals surface area contributed by atoms with Crippen molar-refractivity contribution in [3.63, 3.8) is 0 Å². The molecule has 3 aromatic heterocycles. The number of hydrogen-bond acceptors (Lipinski definition) is 6. The second kappa shape index (κ2) is 6.72. The van der Waals surface area contributed by atoms with Gasteiger partial charge in [0, 0.05) is 18.9 Å². The van der Waals surface area contributed by atoms with E-state index in [-0.39, 0.29) is 17.2 Å². The van der Waals surface area contributed by atoms with Gasteiger partial charge in [0.15, 0.2) is 5.76 Å². The van der Waals surface area contributed by atoms with E-state index < -0.39 is 6.10 Å². The molecular formula is C16H15N3O3S. The first kappa shape index (κ1) is 15.4. The average Bonchev–Trinajstić information content (AvgIpc) is 3.22. The monoisotopic (exact) mass is 329 g/mol. The fraction of sp³-hybridized carbons (Fsp3) is 0.188. The molecule has 1 unspecified atom stereocenters. The van der Waals surface area contributed by atoms with Crippen LogP contribution in [0.15, 0.2) is 46.6 Å². The Labute approximate surface area is 136 Å². The first-order chi connectivity index (χ1) is 11.2.